The lowest BCUT2D eigenvalue weighted by molar-refractivity contribution is 0.668. The minimum atomic E-state index is 0.847. The Balaban J connectivity index is 1.53. The van der Waals surface area contributed by atoms with E-state index < -0.39 is 0 Å². The van der Waals surface area contributed by atoms with Gasteiger partial charge in [-0.15, -0.1) is 0 Å². The molecule has 0 N–H and O–H groups in total. The fourth-order valence-electron chi connectivity index (χ4n) is 6.45. The van der Waals surface area contributed by atoms with Crippen molar-refractivity contribution in [2.75, 3.05) is 0 Å². The molecule has 4 heterocycles. The molecule has 4 nitrogen and oxygen atoms in total. The second-order valence-corrected chi connectivity index (χ2v) is 10.0. The van der Waals surface area contributed by atoms with Crippen LogP contribution in [0.3, 0.4) is 0 Å². The van der Waals surface area contributed by atoms with Gasteiger partial charge in [-0.3, -0.25) is 4.98 Å². The van der Waals surface area contributed by atoms with Crippen LogP contribution in [0.4, 0.5) is 0 Å². The van der Waals surface area contributed by atoms with Crippen molar-refractivity contribution < 1.29 is 4.42 Å². The monoisotopic (exact) mass is 499 g/mol. The molecule has 0 saturated carbocycles. The fraction of sp³-hybridized carbons (Fsp3) is 0. The van der Waals surface area contributed by atoms with Gasteiger partial charge < -0.3 is 13.6 Å². The predicted molar refractivity (Wildman–Crippen MR) is 160 cm³/mol. The molecule has 4 heteroatoms. The minimum absolute atomic E-state index is 0.847. The molecule has 39 heavy (non-hydrogen) atoms. The van der Waals surface area contributed by atoms with Crippen molar-refractivity contribution in [3.8, 4) is 11.4 Å². The van der Waals surface area contributed by atoms with E-state index in [-0.39, 0.29) is 0 Å². The lowest BCUT2D eigenvalue weighted by Crippen LogP contribution is -1.95. The molecule has 9 aromatic rings. The number of fused-ring (bicyclic) bond motifs is 10. The molecule has 0 saturated heterocycles. The van der Waals surface area contributed by atoms with Crippen molar-refractivity contribution in [2.24, 2.45) is 0 Å². The fourth-order valence-corrected chi connectivity index (χ4v) is 6.45. The summed E-state index contributed by atoms with van der Waals surface area (Å²) in [7, 11) is 0. The topological polar surface area (TPSA) is 35.9 Å². The van der Waals surface area contributed by atoms with E-state index in [4.69, 9.17) is 4.42 Å². The molecule has 0 unspecified atom stereocenters. The summed E-state index contributed by atoms with van der Waals surface area (Å²) in [5.41, 5.74) is 8.71. The average Bonchev–Trinajstić information content (AvgIpc) is 3.65. The molecule has 0 fully saturated rings. The van der Waals surface area contributed by atoms with Gasteiger partial charge in [-0.25, -0.2) is 0 Å². The second kappa shape index (κ2) is 7.59. The Kier molecular flexibility index (Phi) is 4.02. The lowest BCUT2D eigenvalue weighted by atomic mass is 10.1. The van der Waals surface area contributed by atoms with Crippen molar-refractivity contribution in [1.29, 1.82) is 0 Å². The third-order valence-electron chi connectivity index (χ3n) is 8.00. The first-order chi connectivity index (χ1) is 19.4. The molecule has 4 aromatic heterocycles. The average molecular weight is 500 g/mol. The number of hydrogen-bond donors (Lipinski definition) is 0. The number of benzene rings is 5. The van der Waals surface area contributed by atoms with Gasteiger partial charge in [0.25, 0.3) is 0 Å². The molecule has 0 spiro atoms. The summed E-state index contributed by atoms with van der Waals surface area (Å²) in [6.45, 7) is 0. The van der Waals surface area contributed by atoms with E-state index in [1.54, 1.807) is 6.20 Å². The van der Waals surface area contributed by atoms with Crippen molar-refractivity contribution in [2.45, 2.75) is 0 Å². The Morgan fingerprint density at radius 3 is 2.13 bits per heavy atom. The van der Waals surface area contributed by atoms with Crippen LogP contribution in [0, 0.1) is 0 Å². The smallest absolute Gasteiger partial charge is 0.138 e. The number of hydrogen-bond acceptors (Lipinski definition) is 2. The van der Waals surface area contributed by atoms with Gasteiger partial charge in [-0.2, -0.15) is 0 Å². The maximum atomic E-state index is 6.24. The zero-order chi connectivity index (χ0) is 25.5. The maximum Gasteiger partial charge on any atom is 0.138 e. The van der Waals surface area contributed by atoms with E-state index in [0.717, 1.165) is 44.3 Å². The normalized spacial score (nSPS) is 12.1. The highest BCUT2D eigenvalue weighted by molar-refractivity contribution is 6.26. The summed E-state index contributed by atoms with van der Waals surface area (Å²) in [5, 5.41) is 7.07. The van der Waals surface area contributed by atoms with E-state index in [1.807, 2.05) is 18.3 Å². The molecular formula is C35H21N3O. The highest BCUT2D eigenvalue weighted by Crippen LogP contribution is 2.43. The molecule has 0 atom stereocenters. The Bertz CT molecular complexity index is 2390. The number of furan rings is 1. The van der Waals surface area contributed by atoms with Gasteiger partial charge >= 0.3 is 0 Å². The van der Waals surface area contributed by atoms with Gasteiger partial charge in [0.1, 0.15) is 11.2 Å². The van der Waals surface area contributed by atoms with Crippen molar-refractivity contribution in [3.63, 3.8) is 0 Å². The Morgan fingerprint density at radius 1 is 0.487 bits per heavy atom. The van der Waals surface area contributed by atoms with Gasteiger partial charge in [-0.05, 0) is 48.5 Å². The third kappa shape index (κ3) is 2.70. The van der Waals surface area contributed by atoms with Crippen molar-refractivity contribution >= 4 is 65.6 Å². The van der Waals surface area contributed by atoms with Gasteiger partial charge in [-0.1, -0.05) is 66.7 Å². The highest BCUT2D eigenvalue weighted by atomic mass is 16.3. The van der Waals surface area contributed by atoms with Crippen molar-refractivity contribution in [3.05, 3.63) is 128 Å². The largest absolute Gasteiger partial charge is 0.456 e. The molecule has 0 bridgehead atoms. The number of rotatable bonds is 2. The molecule has 0 radical (unpaired) electrons. The quantitative estimate of drug-likeness (QED) is 0.238. The van der Waals surface area contributed by atoms with Crippen LogP contribution in [-0.4, -0.2) is 14.1 Å². The van der Waals surface area contributed by atoms with Crippen LogP contribution < -0.4 is 0 Å². The van der Waals surface area contributed by atoms with E-state index in [1.165, 1.54) is 32.6 Å². The van der Waals surface area contributed by atoms with Crippen LogP contribution in [0.15, 0.2) is 132 Å². The molecule has 0 amide bonds. The van der Waals surface area contributed by atoms with Crippen LogP contribution >= 0.6 is 0 Å². The van der Waals surface area contributed by atoms with E-state index in [2.05, 4.69) is 117 Å². The van der Waals surface area contributed by atoms with Gasteiger partial charge in [0, 0.05) is 45.0 Å². The van der Waals surface area contributed by atoms with Crippen molar-refractivity contribution in [1.82, 2.24) is 14.1 Å². The number of nitrogens with zero attached hydrogens (tertiary/aromatic N) is 3. The Labute approximate surface area is 222 Å². The zero-order valence-corrected chi connectivity index (χ0v) is 20.9. The van der Waals surface area contributed by atoms with Crippen LogP contribution in [0.5, 0.6) is 0 Å². The Hall–Kier alpha value is -5.35. The SMILES string of the molecule is c1ccc(-n2c3ccccc3c3ccc4c(c5ccccc5n4-c4cccc5oc6ccncc6c45)c32)cc1. The first kappa shape index (κ1) is 20.7. The van der Waals surface area contributed by atoms with Crippen LogP contribution in [0.2, 0.25) is 0 Å². The first-order valence-corrected chi connectivity index (χ1v) is 13.1. The van der Waals surface area contributed by atoms with Gasteiger partial charge in [0.15, 0.2) is 0 Å². The summed E-state index contributed by atoms with van der Waals surface area (Å²) < 4.78 is 11.1. The number of para-hydroxylation sites is 3. The molecule has 5 aromatic carbocycles. The number of aromatic nitrogens is 3. The standard InChI is InChI=1S/C35H21N3O/c1-2-9-22(10-3-1)37-27-13-6-4-11-23(27)24-17-18-30-34(35(24)37)25-12-5-7-14-28(25)38(30)29-15-8-16-32-33(29)26-21-36-20-19-31(26)39-32/h1-21H. The van der Waals surface area contributed by atoms with Crippen LogP contribution in [-0.2, 0) is 0 Å². The van der Waals surface area contributed by atoms with E-state index in [9.17, 15) is 0 Å². The molecule has 0 aliphatic heterocycles. The summed E-state index contributed by atoms with van der Waals surface area (Å²) in [6, 6.07) is 40.9. The summed E-state index contributed by atoms with van der Waals surface area (Å²) >= 11 is 0. The zero-order valence-electron chi connectivity index (χ0n) is 20.9. The lowest BCUT2D eigenvalue weighted by Gasteiger charge is -2.11. The third-order valence-corrected chi connectivity index (χ3v) is 8.00. The van der Waals surface area contributed by atoms with E-state index >= 15 is 0 Å². The molecule has 0 aliphatic carbocycles. The molecule has 0 aliphatic rings. The molecule has 182 valence electrons. The molecule has 9 rings (SSSR count). The first-order valence-electron chi connectivity index (χ1n) is 13.1. The summed E-state index contributed by atoms with van der Waals surface area (Å²) in [4.78, 5) is 4.42. The predicted octanol–water partition coefficient (Wildman–Crippen LogP) is 9.18. The Morgan fingerprint density at radius 2 is 1.26 bits per heavy atom. The maximum absolute atomic E-state index is 6.24. The van der Waals surface area contributed by atoms with E-state index in [0.29, 0.717) is 0 Å². The number of pyridine rings is 1. The highest BCUT2D eigenvalue weighted by Gasteiger charge is 2.22. The summed E-state index contributed by atoms with van der Waals surface area (Å²) in [6.07, 6.45) is 3.69. The second-order valence-electron chi connectivity index (χ2n) is 10.0. The van der Waals surface area contributed by atoms with Gasteiger partial charge in [0.05, 0.1) is 33.1 Å². The minimum Gasteiger partial charge on any atom is -0.456 e. The van der Waals surface area contributed by atoms with Crippen LogP contribution in [0.1, 0.15) is 0 Å². The molecular weight excluding hydrogens is 478 g/mol. The summed E-state index contributed by atoms with van der Waals surface area (Å²) in [5.74, 6) is 0. The van der Waals surface area contributed by atoms with Gasteiger partial charge in [0.2, 0.25) is 0 Å². The van der Waals surface area contributed by atoms with Crippen LogP contribution in [0.25, 0.3) is 76.9 Å².